The van der Waals surface area contributed by atoms with Gasteiger partial charge in [-0.2, -0.15) is 0 Å². The molecule has 0 amide bonds. The van der Waals surface area contributed by atoms with Crippen LogP contribution in [0.4, 0.5) is 0 Å². The Hall–Kier alpha value is -1.91. The van der Waals surface area contributed by atoms with Crippen LogP contribution in [0.15, 0.2) is 18.5 Å². The van der Waals surface area contributed by atoms with E-state index >= 15 is 0 Å². The Bertz CT molecular complexity index is 681. The first-order valence-corrected chi connectivity index (χ1v) is 6.39. The SMILES string of the molecule is CCC(C)C(C)c1nnc2cnc3[nH]ccc3n12. The number of aromatic amines is 1. The van der Waals surface area contributed by atoms with Gasteiger partial charge in [-0.25, -0.2) is 4.98 Å². The zero-order valence-corrected chi connectivity index (χ0v) is 10.9. The summed E-state index contributed by atoms with van der Waals surface area (Å²) < 4.78 is 2.11. The fourth-order valence-electron chi connectivity index (χ4n) is 2.30. The maximum Gasteiger partial charge on any atom is 0.179 e. The Kier molecular flexibility index (Phi) is 2.54. The molecular weight excluding hydrogens is 226 g/mol. The number of nitrogens with zero attached hydrogens (tertiary/aromatic N) is 4. The lowest BCUT2D eigenvalue weighted by Crippen LogP contribution is -2.09. The lowest BCUT2D eigenvalue weighted by molar-refractivity contribution is 0.453. The Morgan fingerprint density at radius 1 is 1.33 bits per heavy atom. The van der Waals surface area contributed by atoms with E-state index < -0.39 is 0 Å². The van der Waals surface area contributed by atoms with Gasteiger partial charge in [0.15, 0.2) is 11.3 Å². The number of nitrogens with one attached hydrogen (secondary N) is 1. The molecule has 0 bridgehead atoms. The predicted molar refractivity (Wildman–Crippen MR) is 70.5 cm³/mol. The predicted octanol–water partition coefficient (Wildman–Crippen LogP) is 2.76. The van der Waals surface area contributed by atoms with E-state index in [1.807, 2.05) is 12.3 Å². The van der Waals surface area contributed by atoms with Crippen molar-refractivity contribution >= 4 is 16.8 Å². The highest BCUT2D eigenvalue weighted by atomic mass is 15.3. The largest absolute Gasteiger partial charge is 0.345 e. The maximum absolute atomic E-state index is 4.35. The summed E-state index contributed by atoms with van der Waals surface area (Å²) >= 11 is 0. The van der Waals surface area contributed by atoms with Crippen molar-refractivity contribution in [3.8, 4) is 0 Å². The van der Waals surface area contributed by atoms with Crippen molar-refractivity contribution in [3.05, 3.63) is 24.3 Å². The molecule has 0 aliphatic carbocycles. The third-order valence-corrected chi connectivity index (χ3v) is 3.87. The summed E-state index contributed by atoms with van der Waals surface area (Å²) in [5.41, 5.74) is 2.73. The first kappa shape index (κ1) is 11.2. The Labute approximate surface area is 105 Å². The lowest BCUT2D eigenvalue weighted by atomic mass is 9.93. The Balaban J connectivity index is 2.26. The molecular formula is C13H17N5. The minimum absolute atomic E-state index is 0.380. The van der Waals surface area contributed by atoms with Crippen LogP contribution in [-0.4, -0.2) is 24.6 Å². The van der Waals surface area contributed by atoms with E-state index in [1.54, 1.807) is 6.20 Å². The standard InChI is InChI=1S/C13H17N5/c1-4-8(2)9(3)13-17-16-11-7-15-12-10(18(11)13)5-6-14-12/h5-9,14H,4H2,1-3H3. The van der Waals surface area contributed by atoms with Crippen molar-refractivity contribution in [1.82, 2.24) is 24.6 Å². The van der Waals surface area contributed by atoms with Crippen molar-refractivity contribution in [3.63, 3.8) is 0 Å². The summed E-state index contributed by atoms with van der Waals surface area (Å²) in [5, 5.41) is 8.58. The third kappa shape index (κ3) is 1.50. The summed E-state index contributed by atoms with van der Waals surface area (Å²) in [4.78, 5) is 7.45. The van der Waals surface area contributed by atoms with Gasteiger partial charge >= 0.3 is 0 Å². The number of H-pyrrole nitrogens is 1. The highest BCUT2D eigenvalue weighted by Gasteiger charge is 2.20. The molecule has 2 atom stereocenters. The van der Waals surface area contributed by atoms with E-state index in [0.717, 1.165) is 29.1 Å². The first-order valence-electron chi connectivity index (χ1n) is 6.39. The smallest absolute Gasteiger partial charge is 0.179 e. The fraction of sp³-hybridized carbons (Fsp3) is 0.462. The van der Waals surface area contributed by atoms with E-state index in [1.165, 1.54) is 0 Å². The average Bonchev–Trinajstić information content (AvgIpc) is 3.01. The van der Waals surface area contributed by atoms with Crippen LogP contribution in [0.25, 0.3) is 16.8 Å². The van der Waals surface area contributed by atoms with Gasteiger partial charge in [0, 0.05) is 12.1 Å². The van der Waals surface area contributed by atoms with Crippen LogP contribution in [0.5, 0.6) is 0 Å². The molecule has 0 radical (unpaired) electrons. The van der Waals surface area contributed by atoms with Gasteiger partial charge in [-0.05, 0) is 12.0 Å². The van der Waals surface area contributed by atoms with Crippen molar-refractivity contribution in [2.75, 3.05) is 0 Å². The molecule has 0 spiro atoms. The second-order valence-corrected chi connectivity index (χ2v) is 4.90. The van der Waals surface area contributed by atoms with Crippen LogP contribution in [0.1, 0.15) is 38.9 Å². The number of hydrogen-bond donors (Lipinski definition) is 1. The van der Waals surface area contributed by atoms with Gasteiger partial charge in [0.1, 0.15) is 5.82 Å². The molecule has 0 saturated heterocycles. The topological polar surface area (TPSA) is 58.9 Å². The van der Waals surface area contributed by atoms with Gasteiger partial charge < -0.3 is 4.98 Å². The Morgan fingerprint density at radius 3 is 2.94 bits per heavy atom. The van der Waals surface area contributed by atoms with E-state index in [9.17, 15) is 0 Å². The Morgan fingerprint density at radius 2 is 2.17 bits per heavy atom. The molecule has 3 aromatic rings. The summed E-state index contributed by atoms with van der Waals surface area (Å²) in [7, 11) is 0. The highest BCUT2D eigenvalue weighted by Crippen LogP contribution is 2.26. The van der Waals surface area contributed by atoms with Crippen molar-refractivity contribution in [2.24, 2.45) is 5.92 Å². The quantitative estimate of drug-likeness (QED) is 0.769. The molecule has 3 rings (SSSR count). The van der Waals surface area contributed by atoms with Gasteiger partial charge in [0.2, 0.25) is 0 Å². The maximum atomic E-state index is 4.35. The molecule has 3 heterocycles. The molecule has 0 aromatic carbocycles. The van der Waals surface area contributed by atoms with Crippen LogP contribution in [0, 0.1) is 5.92 Å². The highest BCUT2D eigenvalue weighted by molar-refractivity contribution is 5.74. The second-order valence-electron chi connectivity index (χ2n) is 4.90. The van der Waals surface area contributed by atoms with E-state index in [2.05, 4.69) is 45.3 Å². The summed E-state index contributed by atoms with van der Waals surface area (Å²) in [6.07, 6.45) is 4.80. The molecule has 0 aliphatic rings. The minimum Gasteiger partial charge on any atom is -0.345 e. The van der Waals surface area contributed by atoms with E-state index in [4.69, 9.17) is 0 Å². The molecule has 18 heavy (non-hydrogen) atoms. The summed E-state index contributed by atoms with van der Waals surface area (Å²) in [5.74, 6) is 1.98. The third-order valence-electron chi connectivity index (χ3n) is 3.87. The van der Waals surface area contributed by atoms with Crippen LogP contribution in [-0.2, 0) is 0 Å². The van der Waals surface area contributed by atoms with Gasteiger partial charge in [-0.15, -0.1) is 10.2 Å². The second kappa shape index (κ2) is 4.08. The molecule has 0 aliphatic heterocycles. The minimum atomic E-state index is 0.380. The van der Waals surface area contributed by atoms with E-state index in [0.29, 0.717) is 11.8 Å². The summed E-state index contributed by atoms with van der Waals surface area (Å²) in [6.45, 7) is 6.67. The summed E-state index contributed by atoms with van der Waals surface area (Å²) in [6, 6.07) is 2.02. The number of aromatic nitrogens is 5. The van der Waals surface area contributed by atoms with Crippen LogP contribution in [0.2, 0.25) is 0 Å². The number of fused-ring (bicyclic) bond motifs is 3. The van der Waals surface area contributed by atoms with E-state index in [-0.39, 0.29) is 0 Å². The van der Waals surface area contributed by atoms with Crippen molar-refractivity contribution < 1.29 is 0 Å². The molecule has 0 fully saturated rings. The molecule has 3 aromatic heterocycles. The lowest BCUT2D eigenvalue weighted by Gasteiger charge is -2.16. The molecule has 5 nitrogen and oxygen atoms in total. The van der Waals surface area contributed by atoms with Crippen LogP contribution < -0.4 is 0 Å². The molecule has 1 N–H and O–H groups in total. The van der Waals surface area contributed by atoms with Gasteiger partial charge in [-0.3, -0.25) is 4.40 Å². The molecule has 2 unspecified atom stereocenters. The average molecular weight is 243 g/mol. The molecule has 94 valence electrons. The zero-order valence-electron chi connectivity index (χ0n) is 10.9. The normalized spacial score (nSPS) is 15.3. The molecule has 0 saturated carbocycles. The van der Waals surface area contributed by atoms with Crippen LogP contribution in [0.3, 0.4) is 0 Å². The molecule has 5 heteroatoms. The van der Waals surface area contributed by atoms with Crippen LogP contribution >= 0.6 is 0 Å². The van der Waals surface area contributed by atoms with Crippen molar-refractivity contribution in [2.45, 2.75) is 33.1 Å². The first-order chi connectivity index (χ1) is 8.72. The van der Waals surface area contributed by atoms with Gasteiger partial charge in [0.05, 0.1) is 11.7 Å². The monoisotopic (exact) mass is 243 g/mol. The number of hydrogen-bond acceptors (Lipinski definition) is 3. The zero-order chi connectivity index (χ0) is 12.7. The van der Waals surface area contributed by atoms with Gasteiger partial charge in [0.25, 0.3) is 0 Å². The van der Waals surface area contributed by atoms with Crippen molar-refractivity contribution in [1.29, 1.82) is 0 Å². The fourth-order valence-corrected chi connectivity index (χ4v) is 2.30. The number of rotatable bonds is 3. The van der Waals surface area contributed by atoms with Gasteiger partial charge in [-0.1, -0.05) is 27.2 Å².